The quantitative estimate of drug-likeness (QED) is 0.427. The Labute approximate surface area is 193 Å². The molecule has 0 aliphatic heterocycles. The van der Waals surface area contributed by atoms with E-state index in [1.165, 1.54) is 6.42 Å². The van der Waals surface area contributed by atoms with Gasteiger partial charge in [0.15, 0.2) is 0 Å². The van der Waals surface area contributed by atoms with E-state index in [2.05, 4.69) is 6.92 Å². The zero-order valence-electron chi connectivity index (χ0n) is 20.1. The largest absolute Gasteiger partial charge is 0.392 e. The number of aliphatic hydroxyl groups excluding tert-OH is 1. The third-order valence-corrected chi connectivity index (χ3v) is 9.80. The van der Waals surface area contributed by atoms with Crippen LogP contribution in [0.3, 0.4) is 0 Å². The van der Waals surface area contributed by atoms with Gasteiger partial charge in [-0.15, -0.1) is 0 Å². The second kappa shape index (κ2) is 11.3. The highest BCUT2D eigenvalue weighted by Crippen LogP contribution is 2.46. The van der Waals surface area contributed by atoms with Gasteiger partial charge in [0, 0.05) is 11.8 Å². The minimum absolute atomic E-state index is 0.249. The molecule has 0 aromatic carbocycles. The molecule has 4 heteroatoms. The van der Waals surface area contributed by atoms with Crippen LogP contribution in [0.4, 0.5) is 13.2 Å². The molecule has 1 nitrogen and oxygen atoms in total. The van der Waals surface area contributed by atoms with Crippen molar-refractivity contribution in [1.82, 2.24) is 0 Å². The minimum Gasteiger partial charge on any atom is -0.392 e. The highest BCUT2D eigenvalue weighted by Gasteiger charge is 2.39. The van der Waals surface area contributed by atoms with Crippen molar-refractivity contribution in [3.8, 4) is 0 Å². The molecule has 0 aromatic heterocycles. The maximum absolute atomic E-state index is 14.9. The smallest absolute Gasteiger partial charge is 0.137 e. The van der Waals surface area contributed by atoms with Gasteiger partial charge in [-0.3, -0.25) is 0 Å². The van der Waals surface area contributed by atoms with Crippen LogP contribution in [0.1, 0.15) is 110 Å². The lowest BCUT2D eigenvalue weighted by molar-refractivity contribution is 0.0520. The number of halogens is 3. The third-order valence-electron chi connectivity index (χ3n) is 9.80. The molecule has 4 aliphatic rings. The summed E-state index contributed by atoms with van der Waals surface area (Å²) in [5, 5.41) is 10.7. The summed E-state index contributed by atoms with van der Waals surface area (Å²) in [5.41, 5.74) is 0. The molecule has 1 N–H and O–H groups in total. The van der Waals surface area contributed by atoms with Crippen LogP contribution in [-0.2, 0) is 0 Å². The fourth-order valence-electron chi connectivity index (χ4n) is 7.69. The minimum atomic E-state index is -0.777. The summed E-state index contributed by atoms with van der Waals surface area (Å²) in [6.45, 7) is 2.16. The van der Waals surface area contributed by atoms with Gasteiger partial charge in [0.05, 0.1) is 6.10 Å². The lowest BCUT2D eigenvalue weighted by atomic mass is 9.68. The predicted molar refractivity (Wildman–Crippen MR) is 124 cm³/mol. The molecule has 0 aromatic rings. The molecular formula is C28H45F3O. The van der Waals surface area contributed by atoms with E-state index in [0.717, 1.165) is 77.0 Å². The first-order valence-corrected chi connectivity index (χ1v) is 13.8. The third kappa shape index (κ3) is 5.76. The Morgan fingerprint density at radius 2 is 1.53 bits per heavy atom. The first-order chi connectivity index (χ1) is 15.4. The standard InChI is InChI=1S/C28H45F3O/c1-18-7-13-22(25(29)17-18)21-11-8-19(9-12-21)10-16-26(32)24-15-14-23(27(30)28(24)31)20-5-3-2-4-6-20/h18-26,32H,2-17H2,1H3/t18?,19?,21?,22?,23?,24?,25-,26?/m0/s1. The van der Waals surface area contributed by atoms with Crippen LogP contribution in [0.5, 0.6) is 0 Å². The summed E-state index contributed by atoms with van der Waals surface area (Å²) >= 11 is 0. The maximum Gasteiger partial charge on any atom is 0.137 e. The zero-order valence-corrected chi connectivity index (χ0v) is 20.1. The Balaban J connectivity index is 1.22. The molecule has 0 bridgehead atoms. The van der Waals surface area contributed by atoms with Gasteiger partial charge in [-0.05, 0) is 93.8 Å². The van der Waals surface area contributed by atoms with Gasteiger partial charge >= 0.3 is 0 Å². The van der Waals surface area contributed by atoms with Crippen molar-refractivity contribution < 1.29 is 18.3 Å². The van der Waals surface area contributed by atoms with Gasteiger partial charge in [-0.2, -0.15) is 0 Å². The van der Waals surface area contributed by atoms with Crippen molar-refractivity contribution in [2.45, 2.75) is 122 Å². The highest BCUT2D eigenvalue weighted by molar-refractivity contribution is 5.14. The van der Waals surface area contributed by atoms with E-state index in [-0.39, 0.29) is 11.8 Å². The number of rotatable bonds is 6. The van der Waals surface area contributed by atoms with Crippen LogP contribution in [0, 0.1) is 41.4 Å². The van der Waals surface area contributed by atoms with E-state index in [1.54, 1.807) is 0 Å². The van der Waals surface area contributed by atoms with Gasteiger partial charge in [0.25, 0.3) is 0 Å². The van der Waals surface area contributed by atoms with Crippen LogP contribution < -0.4 is 0 Å². The Kier molecular flexibility index (Phi) is 8.67. The first-order valence-electron chi connectivity index (χ1n) is 13.8. The van der Waals surface area contributed by atoms with E-state index in [4.69, 9.17) is 0 Å². The molecule has 5 unspecified atom stereocenters. The highest BCUT2D eigenvalue weighted by atomic mass is 19.2. The summed E-state index contributed by atoms with van der Waals surface area (Å²) < 4.78 is 44.3. The van der Waals surface area contributed by atoms with E-state index < -0.39 is 29.8 Å². The fourth-order valence-corrected chi connectivity index (χ4v) is 7.69. The SMILES string of the molecule is CC1CCC(C2CCC(CCC(O)C3CCC(C4CCCCC4)C(F)=C3F)CC2)[C@@H](F)C1. The number of aliphatic hydroxyl groups is 1. The van der Waals surface area contributed by atoms with Gasteiger partial charge in [0.2, 0.25) is 0 Å². The van der Waals surface area contributed by atoms with Crippen LogP contribution in [-0.4, -0.2) is 17.4 Å². The average Bonchev–Trinajstić information content (AvgIpc) is 2.80. The topological polar surface area (TPSA) is 20.2 Å². The molecular weight excluding hydrogens is 409 g/mol. The summed E-state index contributed by atoms with van der Waals surface area (Å²) in [6.07, 6.45) is 14.1. The molecule has 3 saturated carbocycles. The first kappa shape index (κ1) is 24.6. The molecule has 0 spiro atoms. The van der Waals surface area contributed by atoms with Crippen LogP contribution in [0.15, 0.2) is 11.7 Å². The van der Waals surface area contributed by atoms with E-state index in [1.807, 2.05) is 0 Å². The maximum atomic E-state index is 14.9. The van der Waals surface area contributed by atoms with Crippen LogP contribution in [0.2, 0.25) is 0 Å². The molecule has 0 amide bonds. The van der Waals surface area contributed by atoms with Crippen molar-refractivity contribution in [2.24, 2.45) is 41.4 Å². The molecule has 4 rings (SSSR count). The average molecular weight is 455 g/mol. The molecule has 0 heterocycles. The summed E-state index contributed by atoms with van der Waals surface area (Å²) in [6, 6.07) is 0. The van der Waals surface area contributed by atoms with Crippen LogP contribution in [0.25, 0.3) is 0 Å². The fraction of sp³-hybridized carbons (Fsp3) is 0.929. The molecule has 0 radical (unpaired) electrons. The molecule has 4 aliphatic carbocycles. The van der Waals surface area contributed by atoms with Crippen molar-refractivity contribution in [1.29, 1.82) is 0 Å². The van der Waals surface area contributed by atoms with Crippen molar-refractivity contribution >= 4 is 0 Å². The van der Waals surface area contributed by atoms with Crippen molar-refractivity contribution in [3.05, 3.63) is 11.7 Å². The monoisotopic (exact) mass is 454 g/mol. The van der Waals surface area contributed by atoms with Gasteiger partial charge in [-0.25, -0.2) is 13.2 Å². The second-order valence-electron chi connectivity index (χ2n) is 11.9. The van der Waals surface area contributed by atoms with E-state index in [9.17, 15) is 18.3 Å². The Hall–Kier alpha value is -0.510. The van der Waals surface area contributed by atoms with Crippen molar-refractivity contribution in [3.63, 3.8) is 0 Å². The Bertz CT molecular complexity index is 620. The Morgan fingerprint density at radius 3 is 2.22 bits per heavy atom. The number of hydrogen-bond donors (Lipinski definition) is 1. The second-order valence-corrected chi connectivity index (χ2v) is 11.9. The van der Waals surface area contributed by atoms with Crippen molar-refractivity contribution in [2.75, 3.05) is 0 Å². The van der Waals surface area contributed by atoms with Gasteiger partial charge < -0.3 is 5.11 Å². The Morgan fingerprint density at radius 1 is 0.812 bits per heavy atom. The molecule has 32 heavy (non-hydrogen) atoms. The number of alkyl halides is 1. The molecule has 6 atom stereocenters. The number of allylic oxidation sites excluding steroid dienone is 1. The summed E-state index contributed by atoms with van der Waals surface area (Å²) in [7, 11) is 0. The van der Waals surface area contributed by atoms with Gasteiger partial charge in [-0.1, -0.05) is 45.4 Å². The normalized spacial score (nSPS) is 41.0. The lowest BCUT2D eigenvalue weighted by Crippen LogP contribution is -2.33. The molecule has 0 saturated heterocycles. The lowest BCUT2D eigenvalue weighted by Gasteiger charge is -2.39. The number of hydrogen-bond acceptors (Lipinski definition) is 1. The predicted octanol–water partition coefficient (Wildman–Crippen LogP) is 8.47. The zero-order chi connectivity index (χ0) is 22.7. The summed E-state index contributed by atoms with van der Waals surface area (Å²) in [5.74, 6) is 0.0206. The van der Waals surface area contributed by atoms with Gasteiger partial charge in [0.1, 0.15) is 17.8 Å². The van der Waals surface area contributed by atoms with E-state index >= 15 is 0 Å². The molecule has 184 valence electrons. The summed E-state index contributed by atoms with van der Waals surface area (Å²) in [4.78, 5) is 0. The van der Waals surface area contributed by atoms with Crippen LogP contribution >= 0.6 is 0 Å². The van der Waals surface area contributed by atoms with E-state index in [0.29, 0.717) is 42.9 Å². The molecule has 3 fully saturated rings.